The van der Waals surface area contributed by atoms with Gasteiger partial charge in [-0.05, 0) is 65.6 Å². The molecule has 206 valence electrons. The van der Waals surface area contributed by atoms with Crippen molar-refractivity contribution in [2.75, 3.05) is 39.4 Å². The molecule has 4 rings (SSSR count). The molecular weight excluding hydrogens is 507 g/mol. The number of nitrogens with zero attached hydrogens (tertiary/aromatic N) is 5. The van der Waals surface area contributed by atoms with E-state index in [9.17, 15) is 9.36 Å². The fourth-order valence-electron chi connectivity index (χ4n) is 5.24. The maximum atomic E-state index is 13.9. The zero-order valence-corrected chi connectivity index (χ0v) is 23.6. The second kappa shape index (κ2) is 11.9. The summed E-state index contributed by atoms with van der Waals surface area (Å²) in [5.41, 5.74) is 8.33. The van der Waals surface area contributed by atoms with Crippen molar-refractivity contribution in [2.24, 2.45) is 0 Å². The lowest BCUT2D eigenvalue weighted by atomic mass is 9.90. The molecule has 12 heteroatoms. The van der Waals surface area contributed by atoms with Crippen LogP contribution >= 0.6 is 7.60 Å². The van der Waals surface area contributed by atoms with Gasteiger partial charge < -0.3 is 19.5 Å². The van der Waals surface area contributed by atoms with Gasteiger partial charge in [-0.1, -0.05) is 0 Å². The number of hydrogen-bond donors (Lipinski definition) is 1. The number of nitrogen functional groups attached to an aromatic ring is 1. The van der Waals surface area contributed by atoms with Crippen molar-refractivity contribution in [1.29, 1.82) is 0 Å². The number of hydrogen-bond acceptors (Lipinski definition) is 10. The quantitative estimate of drug-likeness (QED) is 0.366. The molecule has 0 aliphatic heterocycles. The SMILES string of the molecule is CCOP(=O)(CN(C)C1CCC(n2c(=O)c(-c3ccc(OC)nc3)cc3c(C)nc(N)nc32)CC1)OCC. The molecule has 3 heterocycles. The lowest BCUT2D eigenvalue weighted by Crippen LogP contribution is -2.38. The van der Waals surface area contributed by atoms with Crippen LogP contribution in [-0.2, 0) is 13.6 Å². The second-order valence-electron chi connectivity index (χ2n) is 9.53. The van der Waals surface area contributed by atoms with Crippen molar-refractivity contribution in [2.45, 2.75) is 58.5 Å². The minimum atomic E-state index is -3.19. The van der Waals surface area contributed by atoms with Crippen molar-refractivity contribution in [3.63, 3.8) is 0 Å². The van der Waals surface area contributed by atoms with Crippen LogP contribution in [0.15, 0.2) is 29.2 Å². The van der Waals surface area contributed by atoms with Crippen LogP contribution in [0, 0.1) is 6.92 Å². The van der Waals surface area contributed by atoms with Crippen LogP contribution in [0.25, 0.3) is 22.2 Å². The standard InChI is InChI=1S/C26H37N6O5P/c1-6-36-38(34,37-7-2)16-31(4)19-9-11-20(12-10-19)32-24-21(17(3)29-26(27)30-24)14-22(25(32)33)18-8-13-23(35-5)28-15-18/h8,13-15,19-20H,6-7,9-12,16H2,1-5H3,(H2,27,29,30). The summed E-state index contributed by atoms with van der Waals surface area (Å²) in [6.07, 6.45) is 5.02. The van der Waals surface area contributed by atoms with E-state index in [0.29, 0.717) is 41.6 Å². The van der Waals surface area contributed by atoms with Crippen LogP contribution in [0.4, 0.5) is 5.95 Å². The monoisotopic (exact) mass is 544 g/mol. The van der Waals surface area contributed by atoms with Gasteiger partial charge in [-0.15, -0.1) is 0 Å². The summed E-state index contributed by atoms with van der Waals surface area (Å²) in [7, 11) is 0.314. The number of rotatable bonds is 10. The predicted octanol–water partition coefficient (Wildman–Crippen LogP) is 4.39. The van der Waals surface area contributed by atoms with Gasteiger partial charge in [0.1, 0.15) is 11.9 Å². The van der Waals surface area contributed by atoms with Crippen LogP contribution in [-0.4, -0.2) is 64.1 Å². The van der Waals surface area contributed by atoms with Gasteiger partial charge in [0.25, 0.3) is 5.56 Å². The normalized spacial score (nSPS) is 18.3. The molecule has 0 saturated heterocycles. The Morgan fingerprint density at radius 2 is 1.82 bits per heavy atom. The second-order valence-corrected chi connectivity index (χ2v) is 11.6. The number of fused-ring (bicyclic) bond motifs is 1. The summed E-state index contributed by atoms with van der Waals surface area (Å²) in [6.45, 7) is 6.16. The van der Waals surface area contributed by atoms with E-state index in [1.807, 2.05) is 40.0 Å². The summed E-state index contributed by atoms with van der Waals surface area (Å²) in [6, 6.07) is 5.51. The zero-order chi connectivity index (χ0) is 27.4. The average Bonchev–Trinajstić information content (AvgIpc) is 2.89. The maximum Gasteiger partial charge on any atom is 0.344 e. The fraction of sp³-hybridized carbons (Fsp3) is 0.538. The smallest absolute Gasteiger partial charge is 0.344 e. The van der Waals surface area contributed by atoms with Gasteiger partial charge in [0.2, 0.25) is 11.8 Å². The van der Waals surface area contributed by atoms with Gasteiger partial charge in [0.05, 0.1) is 26.0 Å². The Hall–Kier alpha value is -2.85. The molecule has 3 aromatic rings. The van der Waals surface area contributed by atoms with Gasteiger partial charge in [-0.25, -0.2) is 9.97 Å². The number of methoxy groups -OCH3 is 1. The highest BCUT2D eigenvalue weighted by atomic mass is 31.2. The molecule has 2 N–H and O–H groups in total. The van der Waals surface area contributed by atoms with E-state index in [4.69, 9.17) is 19.5 Å². The van der Waals surface area contributed by atoms with Crippen molar-refractivity contribution in [3.8, 4) is 17.0 Å². The molecule has 1 fully saturated rings. The van der Waals surface area contributed by atoms with Crippen molar-refractivity contribution in [1.82, 2.24) is 24.4 Å². The van der Waals surface area contributed by atoms with E-state index >= 15 is 0 Å². The minimum absolute atomic E-state index is 0.0694. The van der Waals surface area contributed by atoms with Crippen molar-refractivity contribution in [3.05, 3.63) is 40.4 Å². The first-order valence-electron chi connectivity index (χ1n) is 13.0. The molecular formula is C26H37N6O5P. The molecule has 0 radical (unpaired) electrons. The van der Waals surface area contributed by atoms with E-state index < -0.39 is 7.60 Å². The first-order valence-corrected chi connectivity index (χ1v) is 14.7. The highest BCUT2D eigenvalue weighted by Crippen LogP contribution is 2.49. The Morgan fingerprint density at radius 1 is 1.13 bits per heavy atom. The highest BCUT2D eigenvalue weighted by Gasteiger charge is 2.32. The molecule has 11 nitrogen and oxygen atoms in total. The lowest BCUT2D eigenvalue weighted by molar-refractivity contribution is 0.158. The molecule has 0 bridgehead atoms. The van der Waals surface area contributed by atoms with Crippen LogP contribution < -0.4 is 16.0 Å². The first-order chi connectivity index (χ1) is 18.2. The Bertz CT molecular complexity index is 1360. The van der Waals surface area contributed by atoms with E-state index in [0.717, 1.165) is 31.1 Å². The Balaban J connectivity index is 1.65. The third-order valence-electron chi connectivity index (χ3n) is 7.06. The molecule has 1 saturated carbocycles. The summed E-state index contributed by atoms with van der Waals surface area (Å²) < 4.78 is 31.0. The van der Waals surface area contributed by atoms with Crippen LogP contribution in [0.5, 0.6) is 5.88 Å². The van der Waals surface area contributed by atoms with E-state index in [2.05, 4.69) is 19.9 Å². The van der Waals surface area contributed by atoms with Crippen LogP contribution in [0.3, 0.4) is 0 Å². The van der Waals surface area contributed by atoms with Crippen molar-refractivity contribution >= 4 is 24.6 Å². The third-order valence-corrected chi connectivity index (χ3v) is 9.15. The Kier molecular flexibility index (Phi) is 8.82. The number of anilines is 1. The van der Waals surface area contributed by atoms with E-state index in [-0.39, 0.29) is 29.9 Å². The largest absolute Gasteiger partial charge is 0.481 e. The average molecular weight is 545 g/mol. The molecule has 0 spiro atoms. The molecule has 0 unspecified atom stereocenters. The number of ether oxygens (including phenoxy) is 1. The van der Waals surface area contributed by atoms with Crippen LogP contribution in [0.1, 0.15) is 51.3 Å². The third kappa shape index (κ3) is 5.91. The number of aromatic nitrogens is 4. The topological polar surface area (TPSA) is 135 Å². The predicted molar refractivity (Wildman–Crippen MR) is 148 cm³/mol. The summed E-state index contributed by atoms with van der Waals surface area (Å²) >= 11 is 0. The molecule has 38 heavy (non-hydrogen) atoms. The summed E-state index contributed by atoms with van der Waals surface area (Å²) in [5.74, 6) is 0.612. The van der Waals surface area contributed by atoms with Gasteiger partial charge in [-0.3, -0.25) is 18.8 Å². The zero-order valence-electron chi connectivity index (χ0n) is 22.7. The molecule has 0 aromatic carbocycles. The number of aryl methyl sites for hydroxylation is 1. The first kappa shape index (κ1) is 28.2. The molecule has 3 aromatic heterocycles. The van der Waals surface area contributed by atoms with Gasteiger partial charge in [0.15, 0.2) is 0 Å². The number of pyridine rings is 2. The lowest BCUT2D eigenvalue weighted by Gasteiger charge is -2.36. The number of nitrogens with two attached hydrogens (primary N) is 1. The van der Waals surface area contributed by atoms with Crippen LogP contribution in [0.2, 0.25) is 0 Å². The van der Waals surface area contributed by atoms with Gasteiger partial charge in [0, 0.05) is 40.9 Å². The summed E-state index contributed by atoms with van der Waals surface area (Å²) in [5, 5.41) is 0.776. The highest BCUT2D eigenvalue weighted by molar-refractivity contribution is 7.53. The molecule has 1 aliphatic carbocycles. The van der Waals surface area contributed by atoms with Gasteiger partial charge in [-0.2, -0.15) is 4.98 Å². The summed E-state index contributed by atoms with van der Waals surface area (Å²) in [4.78, 5) is 29.1. The molecule has 0 amide bonds. The maximum absolute atomic E-state index is 13.9. The fourth-order valence-corrected chi connectivity index (χ4v) is 7.04. The molecule has 0 atom stereocenters. The Labute approximate surface area is 222 Å². The van der Waals surface area contributed by atoms with Crippen molar-refractivity contribution < 1.29 is 18.3 Å². The Morgan fingerprint density at radius 3 is 2.39 bits per heavy atom. The van der Waals surface area contributed by atoms with Gasteiger partial charge >= 0.3 is 7.60 Å². The van der Waals surface area contributed by atoms with E-state index in [1.54, 1.807) is 23.9 Å². The van der Waals surface area contributed by atoms with E-state index in [1.165, 1.54) is 0 Å². The molecule has 1 aliphatic rings. The minimum Gasteiger partial charge on any atom is -0.481 e.